The van der Waals surface area contributed by atoms with Crippen molar-refractivity contribution in [3.05, 3.63) is 34.2 Å². The minimum absolute atomic E-state index is 0.254. The van der Waals surface area contributed by atoms with Crippen LogP contribution in [-0.2, 0) is 0 Å². The fourth-order valence-electron chi connectivity index (χ4n) is 1.30. The van der Waals surface area contributed by atoms with Crippen LogP contribution in [0.3, 0.4) is 0 Å². The second-order valence-electron chi connectivity index (χ2n) is 2.99. The lowest BCUT2D eigenvalue weighted by atomic mass is 10.1. The predicted molar refractivity (Wildman–Crippen MR) is 57.1 cm³/mol. The summed E-state index contributed by atoms with van der Waals surface area (Å²) in [4.78, 5) is 2.77. The van der Waals surface area contributed by atoms with Gasteiger partial charge in [0.25, 0.3) is 0 Å². The van der Waals surface area contributed by atoms with Gasteiger partial charge in [0.1, 0.15) is 11.5 Å². The van der Waals surface area contributed by atoms with E-state index in [-0.39, 0.29) is 6.04 Å². The molecule has 0 heterocycles. The molecule has 80 valence electrons. The molecule has 0 radical (unpaired) electrons. The van der Waals surface area contributed by atoms with Gasteiger partial charge in [-0.1, -0.05) is 18.1 Å². The van der Waals surface area contributed by atoms with Crippen LogP contribution in [0.1, 0.15) is 18.5 Å². The van der Waals surface area contributed by atoms with Crippen LogP contribution in [0.25, 0.3) is 10.4 Å². The minimum Gasteiger partial charge on any atom is -0.497 e. The molecule has 0 fully saturated rings. The summed E-state index contributed by atoms with van der Waals surface area (Å²) in [6.07, 6.45) is 0. The summed E-state index contributed by atoms with van der Waals surface area (Å²) < 4.78 is 10.3. The maximum atomic E-state index is 8.36. The molecule has 0 unspecified atom stereocenters. The Hall–Kier alpha value is -1.87. The molecule has 0 N–H and O–H groups in total. The molecule has 0 saturated carbocycles. The van der Waals surface area contributed by atoms with Crippen LogP contribution in [0.4, 0.5) is 0 Å². The number of hydrogen-bond acceptors (Lipinski definition) is 3. The number of benzene rings is 1. The molecular formula is C10H13N3O2. The molecule has 0 aliphatic carbocycles. The molecule has 0 saturated heterocycles. The summed E-state index contributed by atoms with van der Waals surface area (Å²) in [5.74, 6) is 1.37. The summed E-state index contributed by atoms with van der Waals surface area (Å²) in [7, 11) is 3.16. The number of rotatable bonds is 4. The zero-order valence-electron chi connectivity index (χ0n) is 8.97. The first kappa shape index (κ1) is 11.2. The van der Waals surface area contributed by atoms with E-state index >= 15 is 0 Å². The van der Waals surface area contributed by atoms with E-state index in [0.717, 1.165) is 5.56 Å². The van der Waals surface area contributed by atoms with Gasteiger partial charge in [0.2, 0.25) is 0 Å². The monoisotopic (exact) mass is 207 g/mol. The number of nitrogens with zero attached hydrogens (tertiary/aromatic N) is 3. The van der Waals surface area contributed by atoms with E-state index in [9.17, 15) is 0 Å². The fourth-order valence-corrected chi connectivity index (χ4v) is 1.30. The van der Waals surface area contributed by atoms with Crippen molar-refractivity contribution >= 4 is 0 Å². The Labute approximate surface area is 88.3 Å². The highest BCUT2D eigenvalue weighted by molar-refractivity contribution is 5.42. The van der Waals surface area contributed by atoms with E-state index in [1.165, 1.54) is 0 Å². The van der Waals surface area contributed by atoms with Crippen LogP contribution in [0, 0.1) is 0 Å². The van der Waals surface area contributed by atoms with Crippen LogP contribution < -0.4 is 9.47 Å². The third-order valence-electron chi connectivity index (χ3n) is 2.12. The van der Waals surface area contributed by atoms with Crippen molar-refractivity contribution in [3.8, 4) is 11.5 Å². The minimum atomic E-state index is -0.254. The Morgan fingerprint density at radius 1 is 1.33 bits per heavy atom. The van der Waals surface area contributed by atoms with Crippen molar-refractivity contribution < 1.29 is 9.47 Å². The van der Waals surface area contributed by atoms with Gasteiger partial charge in [0.05, 0.1) is 20.3 Å². The molecule has 1 atom stereocenters. The third kappa shape index (κ3) is 2.54. The highest BCUT2D eigenvalue weighted by Crippen LogP contribution is 2.30. The van der Waals surface area contributed by atoms with E-state index in [0.29, 0.717) is 11.5 Å². The predicted octanol–water partition coefficient (Wildman–Crippen LogP) is 3.08. The van der Waals surface area contributed by atoms with Crippen LogP contribution in [-0.4, -0.2) is 14.2 Å². The van der Waals surface area contributed by atoms with Gasteiger partial charge < -0.3 is 9.47 Å². The number of methoxy groups -OCH3 is 2. The lowest BCUT2D eigenvalue weighted by molar-refractivity contribution is 0.389. The zero-order chi connectivity index (χ0) is 11.3. The lowest BCUT2D eigenvalue weighted by Crippen LogP contribution is -1.95. The molecule has 0 aliphatic heterocycles. The summed E-state index contributed by atoms with van der Waals surface area (Å²) in [6, 6.07) is 5.15. The number of azide groups is 1. The number of ether oxygens (including phenoxy) is 2. The van der Waals surface area contributed by atoms with Crippen LogP contribution in [0.5, 0.6) is 11.5 Å². The molecule has 5 heteroatoms. The topological polar surface area (TPSA) is 67.2 Å². The van der Waals surface area contributed by atoms with E-state index in [4.69, 9.17) is 15.0 Å². The zero-order valence-corrected chi connectivity index (χ0v) is 8.97. The first-order valence-corrected chi connectivity index (χ1v) is 4.49. The van der Waals surface area contributed by atoms with Gasteiger partial charge in [0.15, 0.2) is 0 Å². The summed E-state index contributed by atoms with van der Waals surface area (Å²) in [5.41, 5.74) is 9.20. The van der Waals surface area contributed by atoms with Gasteiger partial charge in [-0.15, -0.1) is 0 Å². The smallest absolute Gasteiger partial charge is 0.126 e. The first-order chi connectivity index (χ1) is 7.22. The fraction of sp³-hybridized carbons (Fsp3) is 0.400. The van der Waals surface area contributed by atoms with Gasteiger partial charge in [-0.25, -0.2) is 0 Å². The summed E-state index contributed by atoms with van der Waals surface area (Å²) >= 11 is 0. The maximum absolute atomic E-state index is 8.36. The van der Waals surface area contributed by atoms with Gasteiger partial charge in [0, 0.05) is 16.5 Å². The quantitative estimate of drug-likeness (QED) is 0.432. The Bertz CT molecular complexity index is 386. The second-order valence-corrected chi connectivity index (χ2v) is 2.99. The second kappa shape index (κ2) is 5.12. The average molecular weight is 207 g/mol. The van der Waals surface area contributed by atoms with Gasteiger partial charge >= 0.3 is 0 Å². The molecule has 0 spiro atoms. The summed E-state index contributed by atoms with van der Waals surface area (Å²) in [6.45, 7) is 1.81. The molecule has 1 rings (SSSR count). The SMILES string of the molecule is COc1ccc([C@@H](C)N=[N+]=[N-])c(OC)c1. The largest absolute Gasteiger partial charge is 0.497 e. The Kier molecular flexibility index (Phi) is 3.83. The molecular weight excluding hydrogens is 194 g/mol. The highest BCUT2D eigenvalue weighted by Gasteiger charge is 2.10. The lowest BCUT2D eigenvalue weighted by Gasteiger charge is -2.12. The van der Waals surface area contributed by atoms with Crippen LogP contribution in [0.2, 0.25) is 0 Å². The van der Waals surface area contributed by atoms with Crippen molar-refractivity contribution in [1.82, 2.24) is 0 Å². The van der Waals surface area contributed by atoms with E-state index < -0.39 is 0 Å². The number of hydrogen-bond donors (Lipinski definition) is 0. The van der Waals surface area contributed by atoms with Crippen molar-refractivity contribution in [2.75, 3.05) is 14.2 Å². The van der Waals surface area contributed by atoms with Gasteiger partial charge in [-0.3, -0.25) is 0 Å². The average Bonchev–Trinajstić information content (AvgIpc) is 2.28. The van der Waals surface area contributed by atoms with Gasteiger partial charge in [-0.2, -0.15) is 0 Å². The van der Waals surface area contributed by atoms with Gasteiger partial charge in [-0.05, 0) is 11.6 Å². The molecule has 0 amide bonds. The molecule has 15 heavy (non-hydrogen) atoms. The van der Waals surface area contributed by atoms with Crippen LogP contribution in [0.15, 0.2) is 23.3 Å². The van der Waals surface area contributed by atoms with E-state index in [2.05, 4.69) is 10.0 Å². The molecule has 1 aromatic carbocycles. The van der Waals surface area contributed by atoms with Crippen molar-refractivity contribution in [1.29, 1.82) is 0 Å². The normalized spacial score (nSPS) is 11.4. The summed E-state index contributed by atoms with van der Waals surface area (Å²) in [5, 5.41) is 3.62. The first-order valence-electron chi connectivity index (χ1n) is 4.49. The standard InChI is InChI=1S/C10H13N3O2/c1-7(12-13-11)9-5-4-8(14-2)6-10(9)15-3/h4-7H,1-3H3/t7-/m1/s1. The van der Waals surface area contributed by atoms with Crippen molar-refractivity contribution in [3.63, 3.8) is 0 Å². The maximum Gasteiger partial charge on any atom is 0.126 e. The molecule has 0 bridgehead atoms. The molecule has 0 aromatic heterocycles. The van der Waals surface area contributed by atoms with E-state index in [1.54, 1.807) is 26.4 Å². The van der Waals surface area contributed by atoms with E-state index in [1.807, 2.05) is 13.0 Å². The Morgan fingerprint density at radius 2 is 2.07 bits per heavy atom. The molecule has 5 nitrogen and oxygen atoms in total. The molecule has 1 aromatic rings. The molecule has 0 aliphatic rings. The van der Waals surface area contributed by atoms with Crippen molar-refractivity contribution in [2.24, 2.45) is 5.11 Å². The van der Waals surface area contributed by atoms with Crippen LogP contribution >= 0.6 is 0 Å². The van der Waals surface area contributed by atoms with Crippen molar-refractivity contribution in [2.45, 2.75) is 13.0 Å². The Morgan fingerprint density at radius 3 is 2.60 bits per heavy atom. The highest BCUT2D eigenvalue weighted by atomic mass is 16.5. The Balaban J connectivity index is 3.12. The third-order valence-corrected chi connectivity index (χ3v) is 2.12.